The molecule has 17 heavy (non-hydrogen) atoms. The highest BCUT2D eigenvalue weighted by atomic mass is 19.4. The summed E-state index contributed by atoms with van der Waals surface area (Å²) in [5.74, 6) is -0.574. The molecule has 0 saturated heterocycles. The third kappa shape index (κ3) is 3.38. The van der Waals surface area contributed by atoms with E-state index in [2.05, 4.69) is 9.72 Å². The lowest BCUT2D eigenvalue weighted by Gasteiger charge is -2.14. The van der Waals surface area contributed by atoms with Gasteiger partial charge in [-0.2, -0.15) is 4.98 Å². The van der Waals surface area contributed by atoms with Gasteiger partial charge in [-0.1, -0.05) is 0 Å². The lowest BCUT2D eigenvalue weighted by Crippen LogP contribution is -2.18. The van der Waals surface area contributed by atoms with Crippen LogP contribution in [0.2, 0.25) is 0 Å². The molecule has 0 aliphatic carbocycles. The number of alkyl halides is 3. The van der Waals surface area contributed by atoms with Gasteiger partial charge in [0.25, 0.3) is 5.88 Å². The predicted octanol–water partition coefficient (Wildman–Crippen LogP) is 1.46. The zero-order chi connectivity index (χ0) is 13.1. The Morgan fingerprint density at radius 1 is 1.29 bits per heavy atom. The first-order valence-corrected chi connectivity index (χ1v) is 4.49. The molecule has 1 aromatic rings. The van der Waals surface area contributed by atoms with Crippen LogP contribution in [-0.2, 0) is 6.54 Å². The molecule has 96 valence electrons. The van der Waals surface area contributed by atoms with Gasteiger partial charge in [0.2, 0.25) is 5.88 Å². The molecule has 5 nitrogen and oxygen atoms in total. The van der Waals surface area contributed by atoms with Crippen LogP contribution in [-0.4, -0.2) is 25.6 Å². The van der Waals surface area contributed by atoms with Gasteiger partial charge in [0.05, 0.1) is 14.2 Å². The van der Waals surface area contributed by atoms with E-state index in [1.165, 1.54) is 14.2 Å². The predicted molar refractivity (Wildman–Crippen MR) is 51.9 cm³/mol. The quantitative estimate of drug-likeness (QED) is 0.878. The van der Waals surface area contributed by atoms with Gasteiger partial charge in [-0.05, 0) is 0 Å². The number of hydrogen-bond donors (Lipinski definition) is 1. The molecule has 2 N–H and O–H groups in total. The number of pyridine rings is 1. The standard InChI is InChI=1S/C9H11F3N2O3/c1-15-7-5(4-13)3-6(14-8(7)16-2)17-9(10,11)12/h3H,4,13H2,1-2H3. The van der Waals surface area contributed by atoms with Crippen LogP contribution < -0.4 is 19.9 Å². The largest absolute Gasteiger partial charge is 0.574 e. The molecule has 0 fully saturated rings. The zero-order valence-electron chi connectivity index (χ0n) is 9.17. The number of nitrogens with zero attached hydrogens (tertiary/aromatic N) is 1. The summed E-state index contributed by atoms with van der Waals surface area (Å²) in [5.41, 5.74) is 5.69. The van der Waals surface area contributed by atoms with Crippen molar-refractivity contribution in [2.75, 3.05) is 14.2 Å². The fourth-order valence-corrected chi connectivity index (χ4v) is 1.21. The first-order chi connectivity index (χ1) is 7.91. The van der Waals surface area contributed by atoms with Crippen molar-refractivity contribution in [1.29, 1.82) is 0 Å². The third-order valence-electron chi connectivity index (χ3n) is 1.83. The molecular formula is C9H11F3N2O3. The minimum atomic E-state index is -4.82. The molecule has 0 spiro atoms. The summed E-state index contributed by atoms with van der Waals surface area (Å²) in [7, 11) is 2.59. The molecule has 0 amide bonds. The lowest BCUT2D eigenvalue weighted by atomic mass is 10.2. The number of methoxy groups -OCH3 is 2. The second-order valence-corrected chi connectivity index (χ2v) is 2.91. The highest BCUT2D eigenvalue weighted by Crippen LogP contribution is 2.33. The van der Waals surface area contributed by atoms with Crippen molar-refractivity contribution in [2.45, 2.75) is 12.9 Å². The molecule has 1 aromatic heterocycles. The SMILES string of the molecule is COc1nc(OC(F)(F)F)cc(CN)c1OC. The van der Waals surface area contributed by atoms with E-state index in [0.29, 0.717) is 5.56 Å². The van der Waals surface area contributed by atoms with Crippen molar-refractivity contribution in [2.24, 2.45) is 5.73 Å². The first kappa shape index (κ1) is 13.4. The summed E-state index contributed by atoms with van der Waals surface area (Å²) < 4.78 is 49.5. The van der Waals surface area contributed by atoms with E-state index in [-0.39, 0.29) is 18.2 Å². The Morgan fingerprint density at radius 2 is 1.94 bits per heavy atom. The smallest absolute Gasteiger partial charge is 0.491 e. The van der Waals surface area contributed by atoms with E-state index < -0.39 is 12.2 Å². The average molecular weight is 252 g/mol. The maximum Gasteiger partial charge on any atom is 0.574 e. The van der Waals surface area contributed by atoms with Gasteiger partial charge in [-0.15, -0.1) is 13.2 Å². The molecule has 0 aliphatic heterocycles. The molecule has 0 bridgehead atoms. The number of ether oxygens (including phenoxy) is 3. The van der Waals surface area contributed by atoms with Gasteiger partial charge in [0.15, 0.2) is 5.75 Å². The number of nitrogens with two attached hydrogens (primary N) is 1. The van der Waals surface area contributed by atoms with Crippen LogP contribution in [0.5, 0.6) is 17.5 Å². The molecule has 0 atom stereocenters. The van der Waals surface area contributed by atoms with Crippen LogP contribution >= 0.6 is 0 Å². The molecule has 1 heterocycles. The van der Waals surface area contributed by atoms with E-state index in [1.54, 1.807) is 0 Å². The van der Waals surface area contributed by atoms with Crippen LogP contribution in [0.15, 0.2) is 6.07 Å². The number of aromatic nitrogens is 1. The minimum Gasteiger partial charge on any atom is -0.491 e. The Balaban J connectivity index is 3.18. The van der Waals surface area contributed by atoms with Gasteiger partial charge in [-0.25, -0.2) is 0 Å². The van der Waals surface area contributed by atoms with Gasteiger partial charge >= 0.3 is 6.36 Å². The number of halogens is 3. The van der Waals surface area contributed by atoms with E-state index in [0.717, 1.165) is 6.07 Å². The Hall–Kier alpha value is -1.70. The molecule has 0 aromatic carbocycles. The van der Waals surface area contributed by atoms with Crippen molar-refractivity contribution >= 4 is 0 Å². The fraction of sp³-hybridized carbons (Fsp3) is 0.444. The Kier molecular flexibility index (Phi) is 4.00. The molecule has 0 aliphatic rings. The monoisotopic (exact) mass is 252 g/mol. The van der Waals surface area contributed by atoms with Crippen molar-refractivity contribution in [1.82, 2.24) is 4.98 Å². The Bertz CT molecular complexity index is 371. The molecular weight excluding hydrogens is 241 g/mol. The summed E-state index contributed by atoms with van der Waals surface area (Å²) in [6, 6.07) is 1.05. The number of rotatable bonds is 4. The molecule has 0 radical (unpaired) electrons. The minimum absolute atomic E-state index is 0.0315. The molecule has 0 saturated carbocycles. The summed E-state index contributed by atoms with van der Waals surface area (Å²) in [4.78, 5) is 3.51. The molecule has 1 rings (SSSR count). The van der Waals surface area contributed by atoms with E-state index >= 15 is 0 Å². The van der Waals surface area contributed by atoms with Crippen LogP contribution in [0.25, 0.3) is 0 Å². The second kappa shape index (κ2) is 5.09. The van der Waals surface area contributed by atoms with E-state index in [9.17, 15) is 13.2 Å². The lowest BCUT2D eigenvalue weighted by molar-refractivity contribution is -0.276. The fourth-order valence-electron chi connectivity index (χ4n) is 1.21. The Labute approximate surface area is 95.3 Å². The zero-order valence-corrected chi connectivity index (χ0v) is 9.17. The van der Waals surface area contributed by atoms with Crippen LogP contribution in [0.1, 0.15) is 5.56 Å². The third-order valence-corrected chi connectivity index (χ3v) is 1.83. The Morgan fingerprint density at radius 3 is 2.35 bits per heavy atom. The number of hydrogen-bond acceptors (Lipinski definition) is 5. The summed E-state index contributed by atoms with van der Waals surface area (Å²) in [5, 5.41) is 0. The maximum atomic E-state index is 12.0. The van der Waals surface area contributed by atoms with E-state index in [1.807, 2.05) is 0 Å². The summed E-state index contributed by atoms with van der Waals surface area (Å²) >= 11 is 0. The van der Waals surface area contributed by atoms with Crippen molar-refractivity contribution in [3.63, 3.8) is 0 Å². The van der Waals surface area contributed by atoms with Crippen LogP contribution in [0.3, 0.4) is 0 Å². The van der Waals surface area contributed by atoms with Crippen LogP contribution in [0.4, 0.5) is 13.2 Å². The topological polar surface area (TPSA) is 66.6 Å². The highest BCUT2D eigenvalue weighted by Gasteiger charge is 2.32. The van der Waals surface area contributed by atoms with Gasteiger partial charge < -0.3 is 19.9 Å². The first-order valence-electron chi connectivity index (χ1n) is 4.49. The van der Waals surface area contributed by atoms with Gasteiger partial charge in [-0.3, -0.25) is 0 Å². The molecule has 0 unspecified atom stereocenters. The second-order valence-electron chi connectivity index (χ2n) is 2.91. The van der Waals surface area contributed by atoms with Gasteiger partial charge in [0.1, 0.15) is 0 Å². The maximum absolute atomic E-state index is 12.0. The van der Waals surface area contributed by atoms with Gasteiger partial charge in [0, 0.05) is 18.2 Å². The summed E-state index contributed by atoms with van der Waals surface area (Å²) in [6.07, 6.45) is -4.82. The van der Waals surface area contributed by atoms with Crippen LogP contribution in [0, 0.1) is 0 Å². The highest BCUT2D eigenvalue weighted by molar-refractivity contribution is 5.44. The van der Waals surface area contributed by atoms with Crippen molar-refractivity contribution in [3.8, 4) is 17.5 Å². The summed E-state index contributed by atoms with van der Waals surface area (Å²) in [6.45, 7) is -0.0315. The van der Waals surface area contributed by atoms with Crippen molar-refractivity contribution < 1.29 is 27.4 Å². The normalized spacial score (nSPS) is 11.2. The van der Waals surface area contributed by atoms with Crippen molar-refractivity contribution in [3.05, 3.63) is 11.6 Å². The average Bonchev–Trinajstić information content (AvgIpc) is 2.25. The van der Waals surface area contributed by atoms with E-state index in [4.69, 9.17) is 15.2 Å². The molecule has 8 heteroatoms.